The molecular formula is C16H19N3O9S2. The van der Waals surface area contributed by atoms with Crippen LogP contribution in [0.1, 0.15) is 16.7 Å². The number of nitrogens with one attached hydrogen (secondary N) is 2. The van der Waals surface area contributed by atoms with Gasteiger partial charge < -0.3 is 20.8 Å². The standard InChI is InChI=1S/C16H19N3O9S2/c1-9-4-13(29(23,24)25)6-11(15(9)21)8-19-16(22)18-7-10-5-12(2-3-14(10)20)30(26,27)28-17/h2-6,20-21H,7-8,17H2,1H3,(H2,18,19,22)(H,23,24,25). The van der Waals surface area contributed by atoms with Crippen LogP contribution in [0.5, 0.6) is 11.5 Å². The second-order valence-electron chi connectivity index (χ2n) is 6.10. The zero-order valence-corrected chi connectivity index (χ0v) is 17.1. The van der Waals surface area contributed by atoms with E-state index in [0.717, 1.165) is 30.3 Å². The van der Waals surface area contributed by atoms with E-state index < -0.39 is 31.2 Å². The van der Waals surface area contributed by atoms with Crippen molar-refractivity contribution >= 4 is 26.3 Å². The lowest BCUT2D eigenvalue weighted by molar-refractivity contribution is 0.240. The number of nitrogens with two attached hydrogens (primary N) is 1. The van der Waals surface area contributed by atoms with Gasteiger partial charge in [0.1, 0.15) is 11.5 Å². The molecule has 0 aliphatic rings. The molecule has 0 aliphatic heterocycles. The van der Waals surface area contributed by atoms with Gasteiger partial charge in [0, 0.05) is 24.2 Å². The lowest BCUT2D eigenvalue weighted by Crippen LogP contribution is -2.34. The molecule has 0 aliphatic carbocycles. The van der Waals surface area contributed by atoms with Crippen molar-refractivity contribution in [3.05, 3.63) is 47.0 Å². The Morgan fingerprint density at radius 2 is 1.57 bits per heavy atom. The Labute approximate surface area is 172 Å². The number of amides is 2. The number of benzene rings is 2. The van der Waals surface area contributed by atoms with Crippen molar-refractivity contribution in [1.29, 1.82) is 0 Å². The number of aromatic hydroxyl groups is 2. The van der Waals surface area contributed by atoms with Gasteiger partial charge in [0.2, 0.25) is 0 Å². The van der Waals surface area contributed by atoms with Gasteiger partial charge in [-0.15, -0.1) is 0 Å². The van der Waals surface area contributed by atoms with E-state index in [9.17, 15) is 31.8 Å². The second kappa shape index (κ2) is 8.85. The Bertz CT molecular complexity index is 1180. The predicted octanol–water partition coefficient (Wildman–Crippen LogP) is 0.231. The van der Waals surface area contributed by atoms with Crippen molar-refractivity contribution in [2.24, 2.45) is 5.90 Å². The minimum atomic E-state index is -4.51. The molecule has 0 saturated heterocycles. The molecule has 2 aromatic carbocycles. The number of phenols is 2. The molecule has 0 spiro atoms. The number of rotatable bonds is 7. The normalized spacial score (nSPS) is 11.8. The molecule has 14 heteroatoms. The minimum absolute atomic E-state index is 0.0359. The molecule has 0 radical (unpaired) electrons. The second-order valence-corrected chi connectivity index (χ2v) is 9.09. The van der Waals surface area contributed by atoms with Crippen molar-refractivity contribution in [3.8, 4) is 11.5 Å². The topological polar surface area (TPSA) is 205 Å². The molecule has 0 heterocycles. The van der Waals surface area contributed by atoms with Gasteiger partial charge in [-0.1, -0.05) is 0 Å². The van der Waals surface area contributed by atoms with E-state index in [1.807, 2.05) is 0 Å². The highest BCUT2D eigenvalue weighted by molar-refractivity contribution is 7.86. The highest BCUT2D eigenvalue weighted by Crippen LogP contribution is 2.26. The van der Waals surface area contributed by atoms with Gasteiger partial charge in [0.25, 0.3) is 10.1 Å². The number of carbonyl (C=O) groups is 1. The highest BCUT2D eigenvalue weighted by atomic mass is 32.2. The summed E-state index contributed by atoms with van der Waals surface area (Å²) in [6, 6.07) is 4.51. The van der Waals surface area contributed by atoms with Gasteiger partial charge >= 0.3 is 16.1 Å². The maximum atomic E-state index is 12.0. The van der Waals surface area contributed by atoms with Gasteiger partial charge in [-0.2, -0.15) is 27.0 Å². The Morgan fingerprint density at radius 3 is 2.13 bits per heavy atom. The summed E-state index contributed by atoms with van der Waals surface area (Å²) >= 11 is 0. The molecule has 12 nitrogen and oxygen atoms in total. The quantitative estimate of drug-likeness (QED) is 0.244. The fraction of sp³-hybridized carbons (Fsp3) is 0.188. The van der Waals surface area contributed by atoms with Crippen LogP contribution in [0.25, 0.3) is 0 Å². The van der Waals surface area contributed by atoms with Crippen LogP contribution in [-0.4, -0.2) is 37.6 Å². The van der Waals surface area contributed by atoms with Crippen LogP contribution in [-0.2, 0) is 37.6 Å². The summed E-state index contributed by atoms with van der Waals surface area (Å²) in [7, 11) is -8.71. The van der Waals surface area contributed by atoms with Crippen LogP contribution in [0.15, 0.2) is 40.1 Å². The van der Waals surface area contributed by atoms with Crippen molar-refractivity contribution in [3.63, 3.8) is 0 Å². The van der Waals surface area contributed by atoms with Crippen molar-refractivity contribution < 1.29 is 40.7 Å². The Balaban J connectivity index is 2.08. The van der Waals surface area contributed by atoms with Crippen LogP contribution < -0.4 is 16.5 Å². The number of hydrogen-bond donors (Lipinski definition) is 6. The molecule has 2 rings (SSSR count). The molecule has 2 aromatic rings. The Kier molecular flexibility index (Phi) is 6.89. The molecule has 7 N–H and O–H groups in total. The summed E-state index contributed by atoms with van der Waals surface area (Å²) in [6.07, 6.45) is 0. The first-order valence-corrected chi connectivity index (χ1v) is 11.0. The van der Waals surface area contributed by atoms with E-state index in [4.69, 9.17) is 10.4 Å². The van der Waals surface area contributed by atoms with Gasteiger partial charge in [-0.05, 0) is 42.8 Å². The van der Waals surface area contributed by atoms with Gasteiger partial charge in [-0.3, -0.25) is 4.55 Å². The van der Waals surface area contributed by atoms with E-state index in [1.54, 1.807) is 0 Å². The molecule has 0 saturated carbocycles. The fourth-order valence-electron chi connectivity index (χ4n) is 2.43. The van der Waals surface area contributed by atoms with Crippen LogP contribution in [0.2, 0.25) is 0 Å². The maximum Gasteiger partial charge on any atom is 0.315 e. The molecule has 30 heavy (non-hydrogen) atoms. The average Bonchev–Trinajstić information content (AvgIpc) is 2.67. The average molecular weight is 461 g/mol. The first-order chi connectivity index (χ1) is 13.8. The number of aryl methyl sites for hydroxylation is 1. The monoisotopic (exact) mass is 461 g/mol. The summed E-state index contributed by atoms with van der Waals surface area (Å²) in [5, 5.41) is 24.6. The summed E-state index contributed by atoms with van der Waals surface area (Å²) in [4.78, 5) is 11.2. The Hall–Kier alpha value is -2.91. The van der Waals surface area contributed by atoms with Crippen LogP contribution in [0, 0.1) is 6.92 Å². The third-order valence-electron chi connectivity index (χ3n) is 4.00. The van der Waals surface area contributed by atoms with E-state index >= 15 is 0 Å². The third-order valence-corrected chi connectivity index (χ3v) is 5.91. The molecule has 0 aromatic heterocycles. The van der Waals surface area contributed by atoms with Gasteiger partial charge in [0.15, 0.2) is 0 Å². The maximum absolute atomic E-state index is 12.0. The van der Waals surface area contributed by atoms with Crippen LogP contribution in [0.4, 0.5) is 4.79 Å². The summed E-state index contributed by atoms with van der Waals surface area (Å²) in [5.41, 5.74) is 0.261. The number of phenolic OH excluding ortho intramolecular Hbond substituents is 2. The molecule has 0 atom stereocenters. The van der Waals surface area contributed by atoms with E-state index in [1.165, 1.54) is 6.92 Å². The first-order valence-electron chi connectivity index (χ1n) is 8.12. The molecule has 0 unspecified atom stereocenters. The van der Waals surface area contributed by atoms with Crippen molar-refractivity contribution in [1.82, 2.24) is 10.6 Å². The van der Waals surface area contributed by atoms with Crippen molar-refractivity contribution in [2.45, 2.75) is 29.8 Å². The van der Waals surface area contributed by atoms with E-state index in [0.29, 0.717) is 0 Å². The summed E-state index contributed by atoms with van der Waals surface area (Å²) < 4.78 is 58.8. The largest absolute Gasteiger partial charge is 0.508 e. The zero-order valence-electron chi connectivity index (χ0n) is 15.5. The summed E-state index contributed by atoms with van der Waals surface area (Å²) in [6.45, 7) is 0.855. The molecule has 164 valence electrons. The van der Waals surface area contributed by atoms with Gasteiger partial charge in [-0.25, -0.2) is 4.79 Å². The number of carbonyl (C=O) groups excluding carboxylic acids is 1. The molecule has 0 fully saturated rings. The van der Waals surface area contributed by atoms with Crippen LogP contribution >= 0.6 is 0 Å². The SMILES string of the molecule is Cc1cc(S(=O)(=O)O)cc(CNC(=O)NCc2cc(S(=O)(=O)ON)ccc2O)c1O. The lowest BCUT2D eigenvalue weighted by Gasteiger charge is -2.12. The van der Waals surface area contributed by atoms with Crippen molar-refractivity contribution in [2.75, 3.05) is 0 Å². The molecule has 2 amide bonds. The minimum Gasteiger partial charge on any atom is -0.508 e. The molecular weight excluding hydrogens is 442 g/mol. The number of hydrogen-bond acceptors (Lipinski definition) is 9. The first kappa shape index (κ1) is 23.4. The fourth-order valence-corrected chi connectivity index (χ4v) is 3.68. The number of urea groups is 1. The van der Waals surface area contributed by atoms with Gasteiger partial charge in [0.05, 0.1) is 9.79 Å². The highest BCUT2D eigenvalue weighted by Gasteiger charge is 2.17. The third kappa shape index (κ3) is 5.58. The Morgan fingerprint density at radius 1 is 1.00 bits per heavy atom. The summed E-state index contributed by atoms with van der Waals surface area (Å²) in [5.74, 6) is 4.14. The smallest absolute Gasteiger partial charge is 0.315 e. The lowest BCUT2D eigenvalue weighted by atomic mass is 10.1. The predicted molar refractivity (Wildman–Crippen MR) is 102 cm³/mol. The molecule has 0 bridgehead atoms. The van der Waals surface area contributed by atoms with Crippen LogP contribution in [0.3, 0.4) is 0 Å². The van der Waals surface area contributed by atoms with E-state index in [2.05, 4.69) is 14.9 Å². The van der Waals surface area contributed by atoms with E-state index in [-0.39, 0.29) is 46.2 Å². The zero-order chi connectivity index (χ0) is 22.7.